The SMILES string of the molecule is CCc1cc2c(cc1C(=O)CSc1nnns1)C(C)(C)CCC2(C)C. The van der Waals surface area contributed by atoms with Gasteiger partial charge in [0, 0.05) is 17.1 Å². The molecule has 1 aliphatic rings. The van der Waals surface area contributed by atoms with E-state index in [0.29, 0.717) is 5.75 Å². The molecule has 0 aliphatic heterocycles. The summed E-state index contributed by atoms with van der Waals surface area (Å²) < 4.78 is 4.49. The molecule has 3 rings (SSSR count). The maximum atomic E-state index is 12.9. The number of carbonyl (C=O) groups excluding carboxylic acids is 1. The zero-order chi connectivity index (χ0) is 18.2. The summed E-state index contributed by atoms with van der Waals surface area (Å²) in [4.78, 5) is 12.9. The van der Waals surface area contributed by atoms with Gasteiger partial charge < -0.3 is 0 Å². The van der Waals surface area contributed by atoms with Crippen molar-refractivity contribution in [3.8, 4) is 0 Å². The molecular weight excluding hydrogens is 350 g/mol. The largest absolute Gasteiger partial charge is 0.293 e. The van der Waals surface area contributed by atoms with E-state index in [9.17, 15) is 4.79 Å². The Labute approximate surface area is 158 Å². The number of hydrogen-bond donors (Lipinski definition) is 0. The van der Waals surface area contributed by atoms with Gasteiger partial charge in [0.1, 0.15) is 0 Å². The van der Waals surface area contributed by atoms with Gasteiger partial charge in [0.05, 0.1) is 5.75 Å². The molecule has 25 heavy (non-hydrogen) atoms. The number of carbonyl (C=O) groups is 1. The molecule has 1 heterocycles. The van der Waals surface area contributed by atoms with Gasteiger partial charge in [-0.2, -0.15) is 0 Å². The number of Topliss-reactive ketones (excluding diaryl/α,β-unsaturated/α-hetero) is 1. The van der Waals surface area contributed by atoms with Crippen molar-refractivity contribution in [1.29, 1.82) is 0 Å². The lowest BCUT2D eigenvalue weighted by atomic mass is 9.62. The summed E-state index contributed by atoms with van der Waals surface area (Å²) in [5, 5.41) is 7.49. The van der Waals surface area contributed by atoms with E-state index in [1.807, 2.05) is 0 Å². The van der Waals surface area contributed by atoms with E-state index in [2.05, 4.69) is 61.6 Å². The Hall–Kier alpha value is -1.27. The number of hydrogen-bond acceptors (Lipinski definition) is 6. The molecule has 1 aliphatic carbocycles. The molecule has 1 aromatic carbocycles. The summed E-state index contributed by atoms with van der Waals surface area (Å²) in [6.45, 7) is 11.4. The molecule has 0 atom stereocenters. The lowest BCUT2D eigenvalue weighted by Crippen LogP contribution is -2.34. The highest BCUT2D eigenvalue weighted by atomic mass is 32.2. The smallest absolute Gasteiger partial charge is 0.194 e. The molecule has 6 heteroatoms. The summed E-state index contributed by atoms with van der Waals surface area (Å²) in [5.74, 6) is 0.547. The summed E-state index contributed by atoms with van der Waals surface area (Å²) in [7, 11) is 0. The molecule has 4 nitrogen and oxygen atoms in total. The monoisotopic (exact) mass is 375 g/mol. The van der Waals surface area contributed by atoms with Crippen molar-refractivity contribution in [3.05, 3.63) is 34.4 Å². The Balaban J connectivity index is 1.98. The topological polar surface area (TPSA) is 55.7 Å². The third-order valence-corrected chi connectivity index (χ3v) is 7.07. The van der Waals surface area contributed by atoms with E-state index in [1.54, 1.807) is 0 Å². The van der Waals surface area contributed by atoms with Crippen molar-refractivity contribution in [2.45, 2.75) is 69.1 Å². The molecule has 0 saturated carbocycles. The van der Waals surface area contributed by atoms with E-state index in [4.69, 9.17) is 0 Å². The van der Waals surface area contributed by atoms with Crippen molar-refractivity contribution >= 4 is 29.1 Å². The first-order valence-electron chi connectivity index (χ1n) is 8.73. The lowest BCUT2D eigenvalue weighted by molar-refractivity contribution is 0.102. The number of benzene rings is 1. The minimum absolute atomic E-state index is 0.114. The molecule has 0 bridgehead atoms. The van der Waals surface area contributed by atoms with Gasteiger partial charge in [0.25, 0.3) is 0 Å². The van der Waals surface area contributed by atoms with E-state index >= 15 is 0 Å². The molecule has 0 amide bonds. The van der Waals surface area contributed by atoms with Gasteiger partial charge in [0.15, 0.2) is 10.1 Å². The Morgan fingerprint density at radius 3 is 2.36 bits per heavy atom. The van der Waals surface area contributed by atoms with Crippen molar-refractivity contribution < 1.29 is 4.79 Å². The minimum Gasteiger partial charge on any atom is -0.293 e. The summed E-state index contributed by atoms with van der Waals surface area (Å²) >= 11 is 2.65. The summed E-state index contributed by atoms with van der Waals surface area (Å²) in [6, 6.07) is 4.47. The molecule has 0 fully saturated rings. The van der Waals surface area contributed by atoms with Gasteiger partial charge in [-0.1, -0.05) is 56.9 Å². The quantitative estimate of drug-likeness (QED) is 0.554. The number of thioether (sulfide) groups is 1. The van der Waals surface area contributed by atoms with Crippen molar-refractivity contribution in [2.24, 2.45) is 0 Å². The Morgan fingerprint density at radius 2 is 1.80 bits per heavy atom. The molecule has 1 aromatic heterocycles. The highest BCUT2D eigenvalue weighted by molar-refractivity contribution is 8.01. The third kappa shape index (κ3) is 3.65. The van der Waals surface area contributed by atoms with Crippen molar-refractivity contribution in [3.63, 3.8) is 0 Å². The van der Waals surface area contributed by atoms with Crippen molar-refractivity contribution in [1.82, 2.24) is 14.8 Å². The maximum absolute atomic E-state index is 12.9. The van der Waals surface area contributed by atoms with E-state index < -0.39 is 0 Å². The first-order valence-corrected chi connectivity index (χ1v) is 10.5. The van der Waals surface area contributed by atoms with Gasteiger partial charge in [-0.3, -0.25) is 4.79 Å². The number of rotatable bonds is 5. The lowest BCUT2D eigenvalue weighted by Gasteiger charge is -2.42. The molecule has 2 aromatic rings. The summed E-state index contributed by atoms with van der Waals surface area (Å²) in [6.07, 6.45) is 3.20. The first kappa shape index (κ1) is 18.5. The maximum Gasteiger partial charge on any atom is 0.194 e. The molecule has 0 unspecified atom stereocenters. The molecular formula is C19H25N3OS2. The van der Waals surface area contributed by atoms with Gasteiger partial charge in [0.2, 0.25) is 0 Å². The second-order valence-corrected chi connectivity index (χ2v) is 9.97. The van der Waals surface area contributed by atoms with Crippen LogP contribution < -0.4 is 0 Å². The van der Waals surface area contributed by atoms with Gasteiger partial charge in [-0.15, -0.1) is 5.10 Å². The second-order valence-electron chi connectivity index (χ2n) is 8.02. The van der Waals surface area contributed by atoms with Gasteiger partial charge in [-0.25, -0.2) is 0 Å². The fourth-order valence-corrected chi connectivity index (χ4v) is 4.81. The predicted octanol–water partition coefficient (Wildman–Crippen LogP) is 4.82. The van der Waals surface area contributed by atoms with E-state index in [0.717, 1.165) is 28.3 Å². The first-order chi connectivity index (χ1) is 11.7. The zero-order valence-corrected chi connectivity index (χ0v) is 17.2. The Morgan fingerprint density at radius 1 is 1.16 bits per heavy atom. The highest BCUT2D eigenvalue weighted by Crippen LogP contribution is 2.46. The predicted molar refractivity (Wildman–Crippen MR) is 104 cm³/mol. The molecule has 0 N–H and O–H groups in total. The van der Waals surface area contributed by atoms with Crippen LogP contribution in [0.4, 0.5) is 0 Å². The van der Waals surface area contributed by atoms with E-state index in [-0.39, 0.29) is 16.6 Å². The number of ketones is 1. The zero-order valence-electron chi connectivity index (χ0n) is 15.5. The number of aromatic nitrogens is 3. The van der Waals surface area contributed by atoms with Crippen LogP contribution in [0.2, 0.25) is 0 Å². The van der Waals surface area contributed by atoms with Crippen LogP contribution >= 0.6 is 23.3 Å². The van der Waals surface area contributed by atoms with Crippen LogP contribution in [0, 0.1) is 0 Å². The second kappa shape index (κ2) is 6.80. The van der Waals surface area contributed by atoms with Gasteiger partial charge in [-0.05, 0) is 58.1 Å². The molecule has 0 radical (unpaired) electrons. The normalized spacial score (nSPS) is 18.0. The standard InChI is InChI=1S/C19H25N3OS2/c1-6-12-9-14-15(19(4,5)8-7-18(14,2)3)10-13(12)16(23)11-24-17-20-21-22-25-17/h9-10H,6-8,11H2,1-5H3. The minimum atomic E-state index is 0.114. The number of aryl methyl sites for hydroxylation is 1. The highest BCUT2D eigenvalue weighted by Gasteiger charge is 2.38. The fourth-order valence-electron chi connectivity index (χ4n) is 3.60. The van der Waals surface area contributed by atoms with Gasteiger partial charge >= 0.3 is 0 Å². The molecule has 134 valence electrons. The van der Waals surface area contributed by atoms with Crippen LogP contribution in [0.15, 0.2) is 16.5 Å². The van der Waals surface area contributed by atoms with Crippen LogP contribution in [0.1, 0.15) is 74.5 Å². The average Bonchev–Trinajstić information content (AvgIpc) is 3.09. The van der Waals surface area contributed by atoms with Crippen LogP contribution in [0.3, 0.4) is 0 Å². The summed E-state index contributed by atoms with van der Waals surface area (Å²) in [5.41, 5.74) is 5.07. The average molecular weight is 376 g/mol. The van der Waals surface area contributed by atoms with Crippen LogP contribution in [-0.4, -0.2) is 26.3 Å². The van der Waals surface area contributed by atoms with Crippen LogP contribution in [0.25, 0.3) is 0 Å². The third-order valence-electron chi connectivity index (χ3n) is 5.37. The van der Waals surface area contributed by atoms with E-state index in [1.165, 1.54) is 40.8 Å². The van der Waals surface area contributed by atoms with Crippen molar-refractivity contribution in [2.75, 3.05) is 5.75 Å². The molecule has 0 saturated heterocycles. The number of fused-ring (bicyclic) bond motifs is 1. The fraction of sp³-hybridized carbons (Fsp3) is 0.579. The van der Waals surface area contributed by atoms with Crippen LogP contribution in [-0.2, 0) is 17.3 Å². The number of nitrogens with zero attached hydrogens (tertiary/aromatic N) is 3. The van der Waals surface area contributed by atoms with Crippen LogP contribution in [0.5, 0.6) is 0 Å². The molecule has 0 spiro atoms. The Bertz CT molecular complexity index is 782. The Kier molecular flexibility index (Phi) is 5.04.